The number of rotatable bonds is 6. The molecule has 20 heavy (non-hydrogen) atoms. The van der Waals surface area contributed by atoms with E-state index >= 15 is 0 Å². The first-order valence-corrected chi connectivity index (χ1v) is 8.71. The van der Waals surface area contributed by atoms with Crippen LogP contribution in [0.4, 0.5) is 5.69 Å². The van der Waals surface area contributed by atoms with Crippen LogP contribution in [0.1, 0.15) is 25.3 Å². The number of benzene rings is 1. The van der Waals surface area contributed by atoms with Crippen LogP contribution in [0, 0.1) is 0 Å². The minimum Gasteiger partial charge on any atom is -0.399 e. The highest BCUT2D eigenvalue weighted by atomic mass is 32.2. The normalized spacial score (nSPS) is 20.4. The summed E-state index contributed by atoms with van der Waals surface area (Å²) < 4.78 is 26.9. The predicted octanol–water partition coefficient (Wildman–Crippen LogP) is 1.17. The summed E-state index contributed by atoms with van der Waals surface area (Å²) in [6.45, 7) is 4.65. The largest absolute Gasteiger partial charge is 0.399 e. The maximum absolute atomic E-state index is 12.1. The monoisotopic (exact) mass is 297 g/mol. The molecule has 5 nitrogen and oxygen atoms in total. The Bertz CT molecular complexity index is 545. The van der Waals surface area contributed by atoms with E-state index in [0.29, 0.717) is 18.3 Å². The standard InChI is InChI=1S/C14H23N3O2S/c1-2-17-8-4-7-14(17)10-16-20(18,19)11-12-5-3-6-13(15)9-12/h3,5-6,9,14,16H,2,4,7-8,10-11,15H2,1H3. The van der Waals surface area contributed by atoms with Crippen molar-refractivity contribution in [3.05, 3.63) is 29.8 Å². The predicted molar refractivity (Wildman–Crippen MR) is 81.7 cm³/mol. The molecule has 3 N–H and O–H groups in total. The van der Waals surface area contributed by atoms with Gasteiger partial charge in [0.05, 0.1) is 5.75 Å². The summed E-state index contributed by atoms with van der Waals surface area (Å²) in [4.78, 5) is 2.32. The lowest BCUT2D eigenvalue weighted by Gasteiger charge is -2.22. The van der Waals surface area contributed by atoms with Crippen molar-refractivity contribution in [3.63, 3.8) is 0 Å². The zero-order valence-corrected chi connectivity index (χ0v) is 12.7. The van der Waals surface area contributed by atoms with Crippen molar-refractivity contribution in [3.8, 4) is 0 Å². The van der Waals surface area contributed by atoms with Gasteiger partial charge in [-0.1, -0.05) is 19.1 Å². The van der Waals surface area contributed by atoms with Gasteiger partial charge in [-0.15, -0.1) is 0 Å². The molecule has 0 spiro atoms. The Balaban J connectivity index is 1.91. The van der Waals surface area contributed by atoms with Gasteiger partial charge < -0.3 is 5.73 Å². The van der Waals surface area contributed by atoms with Gasteiger partial charge in [0.25, 0.3) is 0 Å². The molecule has 1 aliphatic heterocycles. The van der Waals surface area contributed by atoms with E-state index in [2.05, 4.69) is 16.5 Å². The summed E-state index contributed by atoms with van der Waals surface area (Å²) in [7, 11) is -3.30. The maximum atomic E-state index is 12.1. The summed E-state index contributed by atoms with van der Waals surface area (Å²) in [6.07, 6.45) is 2.21. The minimum absolute atomic E-state index is 0.0170. The van der Waals surface area contributed by atoms with E-state index < -0.39 is 10.0 Å². The van der Waals surface area contributed by atoms with Crippen molar-refractivity contribution >= 4 is 15.7 Å². The topological polar surface area (TPSA) is 75.4 Å². The third-order valence-electron chi connectivity index (χ3n) is 3.75. The number of likely N-dealkylation sites (N-methyl/N-ethyl adjacent to an activating group) is 1. The molecule has 1 aliphatic rings. The molecule has 1 aromatic rings. The molecule has 6 heteroatoms. The van der Waals surface area contributed by atoms with Gasteiger partial charge in [0.15, 0.2) is 0 Å². The number of likely N-dealkylation sites (tertiary alicyclic amines) is 1. The summed E-state index contributed by atoms with van der Waals surface area (Å²) in [5, 5.41) is 0. The highest BCUT2D eigenvalue weighted by Crippen LogP contribution is 2.16. The lowest BCUT2D eigenvalue weighted by molar-refractivity contribution is 0.268. The summed E-state index contributed by atoms with van der Waals surface area (Å²) in [5.74, 6) is -0.0170. The van der Waals surface area contributed by atoms with Gasteiger partial charge in [0.2, 0.25) is 10.0 Å². The molecule has 0 aliphatic carbocycles. The van der Waals surface area contributed by atoms with E-state index in [9.17, 15) is 8.42 Å². The molecule has 0 radical (unpaired) electrons. The van der Waals surface area contributed by atoms with E-state index in [-0.39, 0.29) is 5.75 Å². The smallest absolute Gasteiger partial charge is 0.215 e. The molecule has 0 aromatic heterocycles. The Morgan fingerprint density at radius 3 is 2.95 bits per heavy atom. The molecule has 112 valence electrons. The van der Waals surface area contributed by atoms with Crippen LogP contribution in [0.3, 0.4) is 0 Å². The first-order chi connectivity index (χ1) is 9.50. The Labute approximate surface area is 121 Å². The van der Waals surface area contributed by atoms with E-state index in [1.54, 1.807) is 24.3 Å². The van der Waals surface area contributed by atoms with Gasteiger partial charge in [-0.05, 0) is 43.6 Å². The van der Waals surface area contributed by atoms with Crippen LogP contribution in [-0.4, -0.2) is 39.0 Å². The van der Waals surface area contributed by atoms with Crippen molar-refractivity contribution in [2.24, 2.45) is 0 Å². The zero-order chi connectivity index (χ0) is 14.6. The van der Waals surface area contributed by atoms with Crippen molar-refractivity contribution in [1.82, 2.24) is 9.62 Å². The second kappa shape index (κ2) is 6.56. The molecule has 0 saturated carbocycles. The fourth-order valence-electron chi connectivity index (χ4n) is 2.72. The molecular formula is C14H23N3O2S. The Morgan fingerprint density at radius 1 is 1.45 bits per heavy atom. The second-order valence-corrected chi connectivity index (χ2v) is 7.08. The van der Waals surface area contributed by atoms with Gasteiger partial charge in [-0.2, -0.15) is 0 Å². The van der Waals surface area contributed by atoms with E-state index in [1.807, 2.05) is 0 Å². The SMILES string of the molecule is CCN1CCCC1CNS(=O)(=O)Cc1cccc(N)c1. The first kappa shape index (κ1) is 15.3. The number of hydrogen-bond acceptors (Lipinski definition) is 4. The number of nitrogens with two attached hydrogens (primary N) is 1. The summed E-state index contributed by atoms with van der Waals surface area (Å²) >= 11 is 0. The van der Waals surface area contributed by atoms with Gasteiger partial charge >= 0.3 is 0 Å². The number of nitrogen functional groups attached to an aromatic ring is 1. The van der Waals surface area contributed by atoms with Gasteiger partial charge in [0.1, 0.15) is 0 Å². The number of hydrogen-bond donors (Lipinski definition) is 2. The highest BCUT2D eigenvalue weighted by Gasteiger charge is 2.24. The van der Waals surface area contributed by atoms with Crippen molar-refractivity contribution < 1.29 is 8.42 Å². The van der Waals surface area contributed by atoms with E-state index in [0.717, 1.165) is 31.5 Å². The summed E-state index contributed by atoms with van der Waals surface area (Å²) in [5.41, 5.74) is 6.97. The number of nitrogens with zero attached hydrogens (tertiary/aromatic N) is 1. The van der Waals surface area contributed by atoms with Gasteiger partial charge in [0, 0.05) is 18.3 Å². The first-order valence-electron chi connectivity index (χ1n) is 7.06. The Hall–Kier alpha value is -1.11. The maximum Gasteiger partial charge on any atom is 0.215 e. The van der Waals surface area contributed by atoms with E-state index in [4.69, 9.17) is 5.73 Å². The molecule has 0 bridgehead atoms. The molecule has 2 rings (SSSR count). The number of anilines is 1. The molecule has 1 atom stereocenters. The Kier molecular flexibility index (Phi) is 5.01. The van der Waals surface area contributed by atoms with Crippen LogP contribution in [0.5, 0.6) is 0 Å². The quantitative estimate of drug-likeness (QED) is 0.773. The second-order valence-electron chi connectivity index (χ2n) is 5.28. The average molecular weight is 297 g/mol. The molecule has 1 fully saturated rings. The molecule has 1 aromatic carbocycles. The van der Waals surface area contributed by atoms with Crippen molar-refractivity contribution in [2.75, 3.05) is 25.4 Å². The Morgan fingerprint density at radius 2 is 2.25 bits per heavy atom. The lowest BCUT2D eigenvalue weighted by atomic mass is 10.2. The third-order valence-corrected chi connectivity index (χ3v) is 5.07. The molecule has 1 heterocycles. The zero-order valence-electron chi connectivity index (χ0n) is 11.9. The van der Waals surface area contributed by atoms with Crippen LogP contribution in [0.2, 0.25) is 0 Å². The minimum atomic E-state index is -3.30. The van der Waals surface area contributed by atoms with Gasteiger partial charge in [-0.3, -0.25) is 4.90 Å². The fourth-order valence-corrected chi connectivity index (χ4v) is 3.89. The lowest BCUT2D eigenvalue weighted by Crippen LogP contribution is -2.40. The fraction of sp³-hybridized carbons (Fsp3) is 0.571. The third kappa shape index (κ3) is 4.19. The molecular weight excluding hydrogens is 274 g/mol. The molecule has 1 unspecified atom stereocenters. The van der Waals surface area contributed by atoms with Crippen LogP contribution < -0.4 is 10.5 Å². The molecule has 1 saturated heterocycles. The van der Waals surface area contributed by atoms with Crippen LogP contribution >= 0.6 is 0 Å². The highest BCUT2D eigenvalue weighted by molar-refractivity contribution is 7.88. The molecule has 0 amide bonds. The number of sulfonamides is 1. The van der Waals surface area contributed by atoms with Crippen molar-refractivity contribution in [1.29, 1.82) is 0 Å². The van der Waals surface area contributed by atoms with E-state index in [1.165, 1.54) is 0 Å². The average Bonchev–Trinajstić information content (AvgIpc) is 2.83. The van der Waals surface area contributed by atoms with Crippen LogP contribution in [-0.2, 0) is 15.8 Å². The summed E-state index contributed by atoms with van der Waals surface area (Å²) in [6, 6.07) is 7.34. The van der Waals surface area contributed by atoms with Crippen LogP contribution in [0.25, 0.3) is 0 Å². The van der Waals surface area contributed by atoms with Gasteiger partial charge in [-0.25, -0.2) is 13.1 Å². The number of nitrogens with one attached hydrogen (secondary N) is 1. The van der Waals surface area contributed by atoms with Crippen LogP contribution in [0.15, 0.2) is 24.3 Å². The van der Waals surface area contributed by atoms with Crippen molar-refractivity contribution in [2.45, 2.75) is 31.6 Å².